The quantitative estimate of drug-likeness (QED) is 0.193. The van der Waals surface area contributed by atoms with E-state index in [9.17, 15) is 18.0 Å². The van der Waals surface area contributed by atoms with Crippen LogP contribution in [0.4, 0.5) is 10.1 Å². The number of benzene rings is 4. The molecule has 0 fully saturated rings. The Bertz CT molecular complexity index is 1730. The molecule has 4 aromatic carbocycles. The Morgan fingerprint density at radius 3 is 2.13 bits per heavy atom. The van der Waals surface area contributed by atoms with E-state index in [0.29, 0.717) is 24.2 Å². The van der Waals surface area contributed by atoms with Crippen LogP contribution in [-0.4, -0.2) is 44.3 Å². The summed E-state index contributed by atoms with van der Waals surface area (Å²) in [5.74, 6) is -1.56. The van der Waals surface area contributed by atoms with E-state index in [4.69, 9.17) is 0 Å². The molecule has 1 N–H and O–H groups in total. The largest absolute Gasteiger partial charge is 0.354 e. The fraction of sp³-hybridized carbons (Fsp3) is 0.278. The van der Waals surface area contributed by atoms with Crippen molar-refractivity contribution in [2.75, 3.05) is 17.4 Å². The van der Waals surface area contributed by atoms with Crippen LogP contribution in [0.25, 0.3) is 0 Å². The molecule has 9 heteroatoms. The number of rotatable bonds is 13. The molecule has 1 atom stereocenters. The van der Waals surface area contributed by atoms with Gasteiger partial charge >= 0.3 is 0 Å². The number of nitrogens with zero attached hydrogens (tertiary/aromatic N) is 2. The van der Waals surface area contributed by atoms with Crippen molar-refractivity contribution in [3.8, 4) is 0 Å². The van der Waals surface area contributed by atoms with E-state index >= 15 is 4.39 Å². The molecule has 0 spiro atoms. The van der Waals surface area contributed by atoms with Crippen molar-refractivity contribution in [2.45, 2.75) is 58.0 Å². The van der Waals surface area contributed by atoms with Gasteiger partial charge in [0.05, 0.1) is 10.6 Å². The summed E-state index contributed by atoms with van der Waals surface area (Å²) >= 11 is 0. The number of sulfonamides is 1. The first-order chi connectivity index (χ1) is 21.5. The van der Waals surface area contributed by atoms with Gasteiger partial charge in [-0.3, -0.25) is 13.9 Å². The highest BCUT2D eigenvalue weighted by atomic mass is 32.2. The van der Waals surface area contributed by atoms with E-state index in [1.54, 1.807) is 49.4 Å². The van der Waals surface area contributed by atoms with E-state index in [-0.39, 0.29) is 23.4 Å². The van der Waals surface area contributed by atoms with Crippen molar-refractivity contribution in [3.05, 3.63) is 131 Å². The summed E-state index contributed by atoms with van der Waals surface area (Å²) in [5.41, 5.74) is 3.86. The van der Waals surface area contributed by atoms with Crippen LogP contribution in [0.3, 0.4) is 0 Å². The molecule has 236 valence electrons. The van der Waals surface area contributed by atoms with Crippen LogP contribution in [0.2, 0.25) is 0 Å². The number of amides is 2. The lowest BCUT2D eigenvalue weighted by Gasteiger charge is -2.34. The van der Waals surface area contributed by atoms with Crippen LogP contribution in [0, 0.1) is 26.6 Å². The van der Waals surface area contributed by atoms with Crippen LogP contribution in [0.1, 0.15) is 41.2 Å². The summed E-state index contributed by atoms with van der Waals surface area (Å²) in [6.07, 6.45) is 0.838. The molecular formula is C36H40FN3O4S. The summed E-state index contributed by atoms with van der Waals surface area (Å²) in [7, 11) is -4.22. The summed E-state index contributed by atoms with van der Waals surface area (Å²) < 4.78 is 44.5. The van der Waals surface area contributed by atoms with Gasteiger partial charge < -0.3 is 10.2 Å². The summed E-state index contributed by atoms with van der Waals surface area (Å²) in [4.78, 5) is 29.5. The van der Waals surface area contributed by atoms with E-state index in [2.05, 4.69) is 5.32 Å². The van der Waals surface area contributed by atoms with Crippen LogP contribution in [0.5, 0.6) is 0 Å². The highest BCUT2D eigenvalue weighted by Crippen LogP contribution is 2.29. The van der Waals surface area contributed by atoms with Crippen molar-refractivity contribution >= 4 is 27.5 Å². The molecule has 0 saturated carbocycles. The third-order valence-electron chi connectivity index (χ3n) is 7.63. The number of carbonyl (C=O) groups is 2. The van der Waals surface area contributed by atoms with E-state index in [1.807, 2.05) is 57.2 Å². The number of carbonyl (C=O) groups excluding carboxylic acids is 2. The van der Waals surface area contributed by atoms with Gasteiger partial charge in [-0.1, -0.05) is 90.8 Å². The maximum atomic E-state index is 15.0. The van der Waals surface area contributed by atoms with Gasteiger partial charge in [0.2, 0.25) is 11.8 Å². The molecule has 4 aromatic rings. The van der Waals surface area contributed by atoms with Crippen LogP contribution in [0.15, 0.2) is 102 Å². The van der Waals surface area contributed by atoms with Gasteiger partial charge in [0.1, 0.15) is 18.4 Å². The molecule has 2 amide bonds. The van der Waals surface area contributed by atoms with E-state index in [1.165, 1.54) is 23.1 Å². The van der Waals surface area contributed by atoms with Crippen molar-refractivity contribution in [1.82, 2.24) is 10.2 Å². The highest BCUT2D eigenvalue weighted by molar-refractivity contribution is 7.92. The number of halogens is 1. The van der Waals surface area contributed by atoms with Crippen molar-refractivity contribution in [3.63, 3.8) is 0 Å². The molecule has 7 nitrogen and oxygen atoms in total. The average molecular weight is 630 g/mol. The second kappa shape index (κ2) is 15.0. The molecule has 1 unspecified atom stereocenters. The molecule has 0 bridgehead atoms. The lowest BCUT2D eigenvalue weighted by molar-refractivity contribution is -0.140. The first-order valence-electron chi connectivity index (χ1n) is 15.0. The third-order valence-corrected chi connectivity index (χ3v) is 9.40. The number of nitrogens with one attached hydrogen (secondary N) is 1. The molecule has 0 radical (unpaired) electrons. The molecule has 0 heterocycles. The Balaban J connectivity index is 1.83. The van der Waals surface area contributed by atoms with Gasteiger partial charge in [-0.25, -0.2) is 12.8 Å². The molecule has 0 aromatic heterocycles. The van der Waals surface area contributed by atoms with E-state index < -0.39 is 40.2 Å². The first kappa shape index (κ1) is 33.4. The highest BCUT2D eigenvalue weighted by Gasteiger charge is 2.35. The lowest BCUT2D eigenvalue weighted by Crippen LogP contribution is -2.53. The zero-order valence-electron chi connectivity index (χ0n) is 26.2. The second-order valence-electron chi connectivity index (χ2n) is 11.2. The minimum absolute atomic E-state index is 0.0306. The Morgan fingerprint density at radius 1 is 0.844 bits per heavy atom. The van der Waals surface area contributed by atoms with Crippen LogP contribution >= 0.6 is 0 Å². The minimum Gasteiger partial charge on any atom is -0.354 e. The van der Waals surface area contributed by atoms with Crippen molar-refractivity contribution in [1.29, 1.82) is 0 Å². The van der Waals surface area contributed by atoms with E-state index in [0.717, 1.165) is 21.0 Å². The number of anilines is 1. The maximum Gasteiger partial charge on any atom is 0.264 e. The molecular weight excluding hydrogens is 589 g/mol. The number of hydrogen-bond donors (Lipinski definition) is 1. The summed E-state index contributed by atoms with van der Waals surface area (Å²) in [5, 5.41) is 2.89. The fourth-order valence-corrected chi connectivity index (χ4v) is 6.64. The average Bonchev–Trinajstić information content (AvgIpc) is 3.02. The maximum absolute atomic E-state index is 15.0. The Morgan fingerprint density at radius 2 is 1.49 bits per heavy atom. The van der Waals surface area contributed by atoms with Crippen molar-refractivity contribution < 1.29 is 22.4 Å². The third kappa shape index (κ3) is 8.36. The van der Waals surface area contributed by atoms with Gasteiger partial charge in [-0.05, 0) is 62.6 Å². The van der Waals surface area contributed by atoms with Gasteiger partial charge in [0, 0.05) is 25.1 Å². The first-order valence-corrected chi connectivity index (χ1v) is 16.5. The molecule has 0 aliphatic rings. The van der Waals surface area contributed by atoms with Gasteiger partial charge in [-0.15, -0.1) is 0 Å². The predicted octanol–water partition coefficient (Wildman–Crippen LogP) is 6.11. The molecule has 0 saturated heterocycles. The monoisotopic (exact) mass is 629 g/mol. The molecule has 45 heavy (non-hydrogen) atoms. The standard InChI is InChI=1S/C36H40FN3O4S/c1-5-21-38-36(42)34(23-29-11-7-6-8-12-29)39(24-30-13-9-10-14-32(30)37)35(41)25-40(33-20-17-27(3)22-28(33)4)45(43,44)31-18-15-26(2)16-19-31/h6-20,22,34H,5,21,23-25H2,1-4H3,(H,38,42). The fourth-order valence-electron chi connectivity index (χ4n) is 5.17. The molecule has 4 rings (SSSR count). The SMILES string of the molecule is CCCNC(=O)C(Cc1ccccc1)N(Cc1ccccc1F)C(=O)CN(c1ccc(C)cc1C)S(=O)(=O)c1ccc(C)cc1. The smallest absolute Gasteiger partial charge is 0.264 e. The number of hydrogen-bond acceptors (Lipinski definition) is 4. The van der Waals surface area contributed by atoms with Crippen molar-refractivity contribution in [2.24, 2.45) is 0 Å². The molecule has 0 aliphatic heterocycles. The predicted molar refractivity (Wildman–Crippen MR) is 176 cm³/mol. The second-order valence-corrected chi connectivity index (χ2v) is 13.1. The normalized spacial score (nSPS) is 11.9. The Hall–Kier alpha value is -4.50. The summed E-state index contributed by atoms with van der Waals surface area (Å²) in [6.45, 7) is 7.04. The minimum atomic E-state index is -4.22. The lowest BCUT2D eigenvalue weighted by atomic mass is 10.0. The van der Waals surface area contributed by atoms with Crippen LogP contribution < -0.4 is 9.62 Å². The van der Waals surface area contributed by atoms with Gasteiger partial charge in [0.25, 0.3) is 10.0 Å². The number of aryl methyl sites for hydroxylation is 3. The molecule has 0 aliphatic carbocycles. The Kier molecular flexibility index (Phi) is 11.1. The zero-order chi connectivity index (χ0) is 32.6. The topological polar surface area (TPSA) is 86.8 Å². The zero-order valence-corrected chi connectivity index (χ0v) is 27.0. The summed E-state index contributed by atoms with van der Waals surface area (Å²) in [6, 6.07) is 26.0. The van der Waals surface area contributed by atoms with Crippen LogP contribution in [-0.2, 0) is 32.6 Å². The van der Waals surface area contributed by atoms with Gasteiger partial charge in [0.15, 0.2) is 0 Å². The van der Waals surface area contributed by atoms with Gasteiger partial charge in [-0.2, -0.15) is 0 Å². The Labute approximate surface area is 265 Å².